The van der Waals surface area contributed by atoms with Crippen molar-refractivity contribution in [3.05, 3.63) is 23.5 Å². The van der Waals surface area contributed by atoms with Gasteiger partial charge in [-0.25, -0.2) is 9.59 Å². The van der Waals surface area contributed by atoms with Crippen LogP contribution in [0.5, 0.6) is 0 Å². The molecule has 6 nitrogen and oxygen atoms in total. The molecule has 20 heavy (non-hydrogen) atoms. The fourth-order valence-corrected chi connectivity index (χ4v) is 1.27. The van der Waals surface area contributed by atoms with Crippen LogP contribution in [-0.4, -0.2) is 36.3 Å². The van der Waals surface area contributed by atoms with E-state index in [0.29, 0.717) is 11.3 Å². The molecule has 0 aliphatic carbocycles. The SMILES string of the molecule is COC(=O)c1cc(C#CCNC(=O)OC(C)(C)C)c[nH]1. The van der Waals surface area contributed by atoms with Gasteiger partial charge in [-0.3, -0.25) is 0 Å². The van der Waals surface area contributed by atoms with Crippen LogP contribution < -0.4 is 5.32 Å². The summed E-state index contributed by atoms with van der Waals surface area (Å²) in [6.07, 6.45) is 1.07. The molecule has 0 radical (unpaired) electrons. The number of hydrogen-bond donors (Lipinski definition) is 2. The van der Waals surface area contributed by atoms with Crippen LogP contribution in [0, 0.1) is 11.8 Å². The van der Waals surface area contributed by atoms with E-state index < -0.39 is 17.7 Å². The highest BCUT2D eigenvalue weighted by Gasteiger charge is 2.15. The van der Waals surface area contributed by atoms with Crippen molar-refractivity contribution in [2.24, 2.45) is 0 Å². The third kappa shape index (κ3) is 5.48. The van der Waals surface area contributed by atoms with Crippen LogP contribution in [0.1, 0.15) is 36.8 Å². The summed E-state index contributed by atoms with van der Waals surface area (Å²) >= 11 is 0. The Labute approximate surface area is 117 Å². The first-order chi connectivity index (χ1) is 9.31. The van der Waals surface area contributed by atoms with Crippen molar-refractivity contribution < 1.29 is 19.1 Å². The predicted octanol–water partition coefficient (Wildman–Crippen LogP) is 1.68. The minimum atomic E-state index is -0.534. The maximum absolute atomic E-state index is 11.3. The highest BCUT2D eigenvalue weighted by molar-refractivity contribution is 5.87. The first-order valence-corrected chi connectivity index (χ1v) is 6.04. The van der Waals surface area contributed by atoms with Gasteiger partial charge < -0.3 is 19.8 Å². The molecule has 0 atom stereocenters. The van der Waals surface area contributed by atoms with Crippen LogP contribution in [0.3, 0.4) is 0 Å². The van der Waals surface area contributed by atoms with E-state index in [-0.39, 0.29) is 6.54 Å². The Morgan fingerprint density at radius 1 is 1.40 bits per heavy atom. The average Bonchev–Trinajstić information content (AvgIpc) is 2.80. The topological polar surface area (TPSA) is 80.4 Å². The molecule has 0 aromatic carbocycles. The fourth-order valence-electron chi connectivity index (χ4n) is 1.27. The van der Waals surface area contributed by atoms with Crippen molar-refractivity contribution in [1.29, 1.82) is 0 Å². The molecule has 2 N–H and O–H groups in total. The highest BCUT2D eigenvalue weighted by Crippen LogP contribution is 2.06. The summed E-state index contributed by atoms with van der Waals surface area (Å²) in [6, 6.07) is 1.58. The molecular formula is C14H18N2O4. The Morgan fingerprint density at radius 3 is 2.70 bits per heavy atom. The fraction of sp³-hybridized carbons (Fsp3) is 0.429. The Kier molecular flexibility index (Phi) is 5.21. The zero-order valence-electron chi connectivity index (χ0n) is 12.0. The van der Waals surface area contributed by atoms with E-state index in [4.69, 9.17) is 4.74 Å². The van der Waals surface area contributed by atoms with Gasteiger partial charge in [0, 0.05) is 11.8 Å². The molecule has 0 unspecified atom stereocenters. The number of methoxy groups -OCH3 is 1. The summed E-state index contributed by atoms with van der Waals surface area (Å²) in [7, 11) is 1.30. The van der Waals surface area contributed by atoms with Gasteiger partial charge in [-0.2, -0.15) is 0 Å². The van der Waals surface area contributed by atoms with Gasteiger partial charge in [0.25, 0.3) is 0 Å². The van der Waals surface area contributed by atoms with Crippen LogP contribution >= 0.6 is 0 Å². The van der Waals surface area contributed by atoms with Gasteiger partial charge in [0.15, 0.2) is 0 Å². The monoisotopic (exact) mass is 278 g/mol. The highest BCUT2D eigenvalue weighted by atomic mass is 16.6. The number of ether oxygens (including phenoxy) is 2. The number of aromatic amines is 1. The number of carbonyl (C=O) groups excluding carboxylic acids is 2. The number of hydrogen-bond acceptors (Lipinski definition) is 4. The summed E-state index contributed by atoms with van der Waals surface area (Å²) in [5, 5.41) is 2.51. The normalized spacial score (nSPS) is 10.2. The molecular weight excluding hydrogens is 260 g/mol. The molecule has 1 heterocycles. The molecule has 0 saturated heterocycles. The van der Waals surface area contributed by atoms with Crippen molar-refractivity contribution in [3.63, 3.8) is 0 Å². The molecule has 0 aliphatic rings. The minimum absolute atomic E-state index is 0.160. The minimum Gasteiger partial charge on any atom is -0.464 e. The van der Waals surface area contributed by atoms with Crippen molar-refractivity contribution in [2.75, 3.05) is 13.7 Å². The molecule has 0 spiro atoms. The third-order valence-corrected chi connectivity index (χ3v) is 2.04. The maximum Gasteiger partial charge on any atom is 0.408 e. The van der Waals surface area contributed by atoms with Crippen LogP contribution in [-0.2, 0) is 9.47 Å². The number of alkyl carbamates (subject to hydrolysis) is 1. The van der Waals surface area contributed by atoms with Crippen molar-refractivity contribution in [1.82, 2.24) is 10.3 Å². The predicted molar refractivity (Wildman–Crippen MR) is 73.2 cm³/mol. The Bertz CT molecular complexity index is 544. The number of rotatable bonds is 2. The first-order valence-electron chi connectivity index (χ1n) is 6.04. The summed E-state index contributed by atoms with van der Waals surface area (Å²) in [5.41, 5.74) is 0.432. The molecule has 1 rings (SSSR count). The molecule has 0 fully saturated rings. The second kappa shape index (κ2) is 6.66. The van der Waals surface area contributed by atoms with Crippen LogP contribution in [0.15, 0.2) is 12.3 Å². The first kappa shape index (κ1) is 15.6. The van der Waals surface area contributed by atoms with E-state index in [1.807, 2.05) is 0 Å². The number of esters is 1. The van der Waals surface area contributed by atoms with Crippen LogP contribution in [0.25, 0.3) is 0 Å². The van der Waals surface area contributed by atoms with Gasteiger partial charge in [-0.1, -0.05) is 11.8 Å². The molecule has 108 valence electrons. The van der Waals surface area contributed by atoms with Gasteiger partial charge in [-0.05, 0) is 26.8 Å². The second-order valence-electron chi connectivity index (χ2n) is 4.95. The Balaban J connectivity index is 2.45. The lowest BCUT2D eigenvalue weighted by Gasteiger charge is -2.18. The average molecular weight is 278 g/mol. The van der Waals surface area contributed by atoms with E-state index in [9.17, 15) is 9.59 Å². The molecule has 1 amide bonds. The number of H-pyrrole nitrogens is 1. The van der Waals surface area contributed by atoms with E-state index in [0.717, 1.165) is 0 Å². The van der Waals surface area contributed by atoms with Crippen molar-refractivity contribution in [3.8, 4) is 11.8 Å². The quantitative estimate of drug-likeness (QED) is 0.637. The van der Waals surface area contributed by atoms with Gasteiger partial charge in [0.05, 0.1) is 13.7 Å². The van der Waals surface area contributed by atoms with E-state index in [1.54, 1.807) is 33.0 Å². The van der Waals surface area contributed by atoms with E-state index in [2.05, 4.69) is 26.9 Å². The number of nitrogens with one attached hydrogen (secondary N) is 2. The molecule has 1 aromatic rings. The van der Waals surface area contributed by atoms with Crippen molar-refractivity contribution in [2.45, 2.75) is 26.4 Å². The lowest BCUT2D eigenvalue weighted by molar-refractivity contribution is 0.0533. The van der Waals surface area contributed by atoms with Gasteiger partial charge in [0.2, 0.25) is 0 Å². The van der Waals surface area contributed by atoms with Gasteiger partial charge in [0.1, 0.15) is 11.3 Å². The zero-order chi connectivity index (χ0) is 15.2. The van der Waals surface area contributed by atoms with Crippen LogP contribution in [0.2, 0.25) is 0 Å². The van der Waals surface area contributed by atoms with E-state index in [1.165, 1.54) is 7.11 Å². The van der Waals surface area contributed by atoms with E-state index >= 15 is 0 Å². The maximum atomic E-state index is 11.3. The number of aromatic nitrogens is 1. The largest absolute Gasteiger partial charge is 0.464 e. The van der Waals surface area contributed by atoms with Gasteiger partial charge >= 0.3 is 12.1 Å². The summed E-state index contributed by atoms with van der Waals surface area (Å²) in [6.45, 7) is 5.51. The Morgan fingerprint density at radius 2 is 2.10 bits per heavy atom. The summed E-state index contributed by atoms with van der Waals surface area (Å²) in [5.74, 6) is 5.10. The second-order valence-corrected chi connectivity index (χ2v) is 4.95. The molecule has 0 saturated carbocycles. The number of amides is 1. The van der Waals surface area contributed by atoms with Crippen LogP contribution in [0.4, 0.5) is 4.79 Å². The standard InChI is InChI=1S/C14H18N2O4/c1-14(2,3)20-13(18)15-7-5-6-10-8-11(16-9-10)12(17)19-4/h8-9,16H,7H2,1-4H3,(H,15,18). The summed E-state index contributed by atoms with van der Waals surface area (Å²) < 4.78 is 9.62. The Hall–Kier alpha value is -2.42. The third-order valence-electron chi connectivity index (χ3n) is 2.04. The molecule has 0 bridgehead atoms. The lowest BCUT2D eigenvalue weighted by Crippen LogP contribution is -2.32. The van der Waals surface area contributed by atoms with Gasteiger partial charge in [-0.15, -0.1) is 0 Å². The lowest BCUT2D eigenvalue weighted by atomic mass is 10.2. The molecule has 6 heteroatoms. The van der Waals surface area contributed by atoms with Crippen molar-refractivity contribution >= 4 is 12.1 Å². The molecule has 1 aromatic heterocycles. The smallest absolute Gasteiger partial charge is 0.408 e. The zero-order valence-corrected chi connectivity index (χ0v) is 12.0. The number of carbonyl (C=O) groups is 2. The summed E-state index contributed by atoms with van der Waals surface area (Å²) in [4.78, 5) is 25.3. The molecule has 0 aliphatic heterocycles.